The number of hydrogen-bond acceptors (Lipinski definition) is 3. The summed E-state index contributed by atoms with van der Waals surface area (Å²) in [5.41, 5.74) is 2.09. The zero-order valence-electron chi connectivity index (χ0n) is 12.1. The largest absolute Gasteiger partial charge is 0.486 e. The number of H-pyrrole nitrogens is 1. The highest BCUT2D eigenvalue weighted by molar-refractivity contribution is 9.10. The van der Waals surface area contributed by atoms with Gasteiger partial charge in [-0.1, -0.05) is 15.9 Å². The topological polar surface area (TPSA) is 63.4 Å². The van der Waals surface area contributed by atoms with Crippen molar-refractivity contribution >= 4 is 38.4 Å². The van der Waals surface area contributed by atoms with Gasteiger partial charge >= 0.3 is 0 Å². The zero-order chi connectivity index (χ0) is 15.8. The first kappa shape index (κ1) is 14.1. The Morgan fingerprint density at radius 1 is 1.04 bits per heavy atom. The van der Waals surface area contributed by atoms with Gasteiger partial charge in [0.25, 0.3) is 5.91 Å². The van der Waals surface area contributed by atoms with Crippen LogP contribution >= 0.6 is 15.9 Å². The van der Waals surface area contributed by atoms with Gasteiger partial charge < -0.3 is 19.8 Å². The van der Waals surface area contributed by atoms with E-state index in [2.05, 4.69) is 26.2 Å². The Bertz CT molecular complexity index is 904. The number of ether oxygens (including phenoxy) is 2. The zero-order valence-corrected chi connectivity index (χ0v) is 13.6. The van der Waals surface area contributed by atoms with Crippen LogP contribution in [0.15, 0.2) is 46.9 Å². The summed E-state index contributed by atoms with van der Waals surface area (Å²) < 4.78 is 12.0. The number of rotatable bonds is 2. The lowest BCUT2D eigenvalue weighted by atomic mass is 10.2. The van der Waals surface area contributed by atoms with Crippen molar-refractivity contribution in [2.75, 3.05) is 18.5 Å². The minimum Gasteiger partial charge on any atom is -0.486 e. The van der Waals surface area contributed by atoms with Crippen molar-refractivity contribution in [3.05, 3.63) is 52.6 Å². The summed E-state index contributed by atoms with van der Waals surface area (Å²) in [5.74, 6) is 1.15. The van der Waals surface area contributed by atoms with Crippen LogP contribution in [0, 0.1) is 0 Å². The molecule has 6 heteroatoms. The number of anilines is 1. The highest BCUT2D eigenvalue weighted by Crippen LogP contribution is 2.32. The first-order valence-electron chi connectivity index (χ1n) is 7.18. The highest BCUT2D eigenvalue weighted by Gasteiger charge is 2.14. The molecule has 23 heavy (non-hydrogen) atoms. The van der Waals surface area contributed by atoms with E-state index in [9.17, 15) is 4.79 Å². The van der Waals surface area contributed by atoms with E-state index in [-0.39, 0.29) is 5.91 Å². The molecule has 116 valence electrons. The molecule has 0 aliphatic carbocycles. The van der Waals surface area contributed by atoms with Gasteiger partial charge in [-0.15, -0.1) is 0 Å². The minimum atomic E-state index is -0.200. The Morgan fingerprint density at radius 2 is 1.87 bits per heavy atom. The molecule has 0 spiro atoms. The second-order valence-electron chi connectivity index (χ2n) is 5.23. The summed E-state index contributed by atoms with van der Waals surface area (Å²) in [6, 6.07) is 13.0. The van der Waals surface area contributed by atoms with Crippen LogP contribution < -0.4 is 14.8 Å². The Balaban J connectivity index is 1.59. The second kappa shape index (κ2) is 5.62. The lowest BCUT2D eigenvalue weighted by Gasteiger charge is -2.18. The molecule has 0 saturated heterocycles. The third-order valence-electron chi connectivity index (χ3n) is 3.63. The van der Waals surface area contributed by atoms with Gasteiger partial charge in [-0.3, -0.25) is 4.79 Å². The van der Waals surface area contributed by atoms with Gasteiger partial charge in [-0.25, -0.2) is 0 Å². The number of benzene rings is 2. The molecule has 1 aliphatic rings. The molecule has 0 radical (unpaired) electrons. The Labute approximate surface area is 140 Å². The van der Waals surface area contributed by atoms with Gasteiger partial charge in [0, 0.05) is 27.1 Å². The maximum absolute atomic E-state index is 12.4. The third kappa shape index (κ3) is 2.77. The molecular formula is C17H13BrN2O3. The minimum absolute atomic E-state index is 0.200. The number of carbonyl (C=O) groups is 1. The molecule has 1 aromatic heterocycles. The van der Waals surface area contributed by atoms with Gasteiger partial charge in [0.2, 0.25) is 0 Å². The van der Waals surface area contributed by atoms with Crippen molar-refractivity contribution in [3.8, 4) is 11.5 Å². The summed E-state index contributed by atoms with van der Waals surface area (Å²) >= 11 is 3.43. The Kier molecular flexibility index (Phi) is 3.46. The standard InChI is InChI=1S/C17H13BrN2O3/c18-11-1-3-13-10(7-11)8-14(20-13)17(21)19-12-2-4-15-16(9-12)23-6-5-22-15/h1-4,7-9,20H,5-6H2,(H,19,21). The number of aromatic amines is 1. The molecule has 4 rings (SSSR count). The molecule has 0 atom stereocenters. The SMILES string of the molecule is O=C(Nc1ccc2c(c1)OCCO2)c1cc2cc(Br)ccc2[nH]1. The van der Waals surface area contributed by atoms with Crippen LogP contribution in [0.1, 0.15) is 10.5 Å². The van der Waals surface area contributed by atoms with Crippen molar-refractivity contribution in [2.45, 2.75) is 0 Å². The molecule has 1 amide bonds. The fraction of sp³-hybridized carbons (Fsp3) is 0.118. The molecule has 3 aromatic rings. The monoisotopic (exact) mass is 372 g/mol. The van der Waals surface area contributed by atoms with Gasteiger partial charge in [0.15, 0.2) is 11.5 Å². The van der Waals surface area contributed by atoms with Gasteiger partial charge in [0.1, 0.15) is 18.9 Å². The van der Waals surface area contributed by atoms with Crippen LogP contribution in [-0.4, -0.2) is 24.1 Å². The van der Waals surface area contributed by atoms with E-state index in [1.807, 2.05) is 24.3 Å². The van der Waals surface area contributed by atoms with Crippen molar-refractivity contribution in [2.24, 2.45) is 0 Å². The number of nitrogens with one attached hydrogen (secondary N) is 2. The van der Waals surface area contributed by atoms with Gasteiger partial charge in [-0.2, -0.15) is 0 Å². The van der Waals surface area contributed by atoms with E-state index >= 15 is 0 Å². The lowest BCUT2D eigenvalue weighted by molar-refractivity contribution is 0.102. The van der Waals surface area contributed by atoms with Crippen molar-refractivity contribution < 1.29 is 14.3 Å². The van der Waals surface area contributed by atoms with Crippen LogP contribution in [0.3, 0.4) is 0 Å². The van der Waals surface area contributed by atoms with Crippen LogP contribution in [-0.2, 0) is 0 Å². The van der Waals surface area contributed by atoms with Crippen LogP contribution in [0.4, 0.5) is 5.69 Å². The second-order valence-corrected chi connectivity index (χ2v) is 6.14. The summed E-state index contributed by atoms with van der Waals surface area (Å²) in [6.07, 6.45) is 0. The van der Waals surface area contributed by atoms with E-state index in [1.54, 1.807) is 18.2 Å². The molecule has 2 aromatic carbocycles. The highest BCUT2D eigenvalue weighted by atomic mass is 79.9. The van der Waals surface area contributed by atoms with E-state index in [0.717, 1.165) is 15.4 Å². The smallest absolute Gasteiger partial charge is 0.272 e. The summed E-state index contributed by atoms with van der Waals surface area (Å²) in [5, 5.41) is 3.84. The van der Waals surface area contributed by atoms with E-state index in [0.29, 0.717) is 36.1 Å². The van der Waals surface area contributed by atoms with Crippen LogP contribution in [0.25, 0.3) is 10.9 Å². The first-order chi connectivity index (χ1) is 11.2. The predicted molar refractivity (Wildman–Crippen MR) is 91.4 cm³/mol. The molecular weight excluding hydrogens is 360 g/mol. The van der Waals surface area contributed by atoms with Gasteiger partial charge in [-0.05, 0) is 36.4 Å². The lowest BCUT2D eigenvalue weighted by Crippen LogP contribution is -2.16. The number of fused-ring (bicyclic) bond motifs is 2. The number of halogens is 1. The van der Waals surface area contributed by atoms with Crippen LogP contribution in [0.5, 0.6) is 11.5 Å². The summed E-state index contributed by atoms with van der Waals surface area (Å²) in [6.45, 7) is 1.06. The maximum atomic E-state index is 12.4. The molecule has 0 unspecified atom stereocenters. The van der Waals surface area contributed by atoms with Crippen molar-refractivity contribution in [3.63, 3.8) is 0 Å². The van der Waals surface area contributed by atoms with E-state index in [4.69, 9.17) is 9.47 Å². The average Bonchev–Trinajstić information content (AvgIpc) is 2.98. The number of aromatic nitrogens is 1. The fourth-order valence-corrected chi connectivity index (χ4v) is 2.92. The van der Waals surface area contributed by atoms with Gasteiger partial charge in [0.05, 0.1) is 0 Å². The number of hydrogen-bond donors (Lipinski definition) is 2. The quantitative estimate of drug-likeness (QED) is 0.715. The van der Waals surface area contributed by atoms with E-state index < -0.39 is 0 Å². The number of amides is 1. The molecule has 5 nitrogen and oxygen atoms in total. The fourth-order valence-electron chi connectivity index (χ4n) is 2.55. The Morgan fingerprint density at radius 3 is 2.74 bits per heavy atom. The molecule has 1 aliphatic heterocycles. The molecule has 2 N–H and O–H groups in total. The maximum Gasteiger partial charge on any atom is 0.272 e. The van der Waals surface area contributed by atoms with E-state index in [1.165, 1.54) is 0 Å². The Hall–Kier alpha value is -2.47. The molecule has 2 heterocycles. The number of carbonyl (C=O) groups excluding carboxylic acids is 1. The van der Waals surface area contributed by atoms with Crippen molar-refractivity contribution in [1.29, 1.82) is 0 Å². The predicted octanol–water partition coefficient (Wildman–Crippen LogP) is 3.95. The summed E-state index contributed by atoms with van der Waals surface area (Å²) in [4.78, 5) is 15.5. The van der Waals surface area contributed by atoms with Crippen LogP contribution in [0.2, 0.25) is 0 Å². The molecule has 0 fully saturated rings. The normalized spacial score (nSPS) is 13.1. The molecule has 0 bridgehead atoms. The summed E-state index contributed by atoms with van der Waals surface area (Å²) in [7, 11) is 0. The molecule has 0 saturated carbocycles. The first-order valence-corrected chi connectivity index (χ1v) is 7.98. The van der Waals surface area contributed by atoms with Crippen molar-refractivity contribution in [1.82, 2.24) is 4.98 Å². The third-order valence-corrected chi connectivity index (χ3v) is 4.12. The average molecular weight is 373 g/mol.